The third-order valence-corrected chi connectivity index (χ3v) is 8.26. The summed E-state index contributed by atoms with van der Waals surface area (Å²) in [6.45, 7) is 2.64. The van der Waals surface area contributed by atoms with Crippen LogP contribution in [0.1, 0.15) is 25.8 Å². The quantitative estimate of drug-likeness (QED) is 0.282. The normalized spacial score (nSPS) is 13.4. The fourth-order valence-corrected chi connectivity index (χ4v) is 4.98. The van der Waals surface area contributed by atoms with E-state index < -0.39 is 28.4 Å². The molecule has 4 rings (SSSR count). The van der Waals surface area contributed by atoms with Gasteiger partial charge in [0.25, 0.3) is 5.89 Å². The van der Waals surface area contributed by atoms with Crippen molar-refractivity contribution in [1.82, 2.24) is 25.5 Å². The van der Waals surface area contributed by atoms with Crippen LogP contribution in [-0.2, 0) is 16.4 Å². The summed E-state index contributed by atoms with van der Waals surface area (Å²) < 4.78 is 56.3. The number of nitrogens with two attached hydrogens (primary N) is 1. The molecule has 0 bridgehead atoms. The highest BCUT2D eigenvalue weighted by Gasteiger charge is 2.23. The number of rotatable bonds is 11. The predicted octanol–water partition coefficient (Wildman–Crippen LogP) is 4.41. The van der Waals surface area contributed by atoms with Crippen LogP contribution in [0.3, 0.4) is 0 Å². The summed E-state index contributed by atoms with van der Waals surface area (Å²) in [6.07, 6.45) is 1.39. The highest BCUT2D eigenvalue weighted by atomic mass is 32.2. The SMILES string of the molecule is CC(CF)NCc1ccc(-c2nnc(-c3nc(-c4ccc(S(=O)(=O)C(C)CCF)cc4)cnc3N)o2)cc1. The van der Waals surface area contributed by atoms with Crippen LogP contribution in [0.15, 0.2) is 64.0 Å². The molecule has 0 radical (unpaired) electrons. The molecule has 12 heteroatoms. The second kappa shape index (κ2) is 11.7. The van der Waals surface area contributed by atoms with Gasteiger partial charge in [0.15, 0.2) is 21.3 Å². The molecule has 2 atom stereocenters. The van der Waals surface area contributed by atoms with Gasteiger partial charge in [-0.1, -0.05) is 24.3 Å². The van der Waals surface area contributed by atoms with Gasteiger partial charge in [-0.15, -0.1) is 10.2 Å². The summed E-state index contributed by atoms with van der Waals surface area (Å²) in [5.41, 5.74) is 8.92. The van der Waals surface area contributed by atoms with Crippen molar-refractivity contribution in [2.75, 3.05) is 19.1 Å². The monoisotopic (exact) mass is 542 g/mol. The van der Waals surface area contributed by atoms with Gasteiger partial charge in [0.05, 0.1) is 28.7 Å². The molecule has 0 amide bonds. The Balaban J connectivity index is 1.54. The molecule has 0 saturated carbocycles. The highest BCUT2D eigenvalue weighted by molar-refractivity contribution is 7.92. The van der Waals surface area contributed by atoms with E-state index in [0.717, 1.165) is 5.56 Å². The molecule has 2 aromatic heterocycles. The van der Waals surface area contributed by atoms with E-state index in [1.807, 2.05) is 24.3 Å². The highest BCUT2D eigenvalue weighted by Crippen LogP contribution is 2.29. The van der Waals surface area contributed by atoms with Crippen LogP contribution in [0.4, 0.5) is 14.6 Å². The molecule has 9 nitrogen and oxygen atoms in total. The van der Waals surface area contributed by atoms with E-state index in [-0.39, 0.29) is 40.7 Å². The van der Waals surface area contributed by atoms with Gasteiger partial charge in [0, 0.05) is 23.7 Å². The van der Waals surface area contributed by atoms with Gasteiger partial charge >= 0.3 is 0 Å². The van der Waals surface area contributed by atoms with E-state index in [1.165, 1.54) is 25.3 Å². The molecule has 0 spiro atoms. The Bertz CT molecular complexity index is 1480. The standard InChI is InChI=1S/C26H28F2N6O3S/c1-16(13-28)30-14-18-3-5-20(6-4-18)25-33-34-26(37-25)23-24(29)31-15-22(32-23)19-7-9-21(10-8-19)38(35,36)17(2)11-12-27/h3-10,15-17,30H,11-14H2,1-2H3,(H2,29,31). The van der Waals surface area contributed by atoms with Gasteiger partial charge in [-0.3, -0.25) is 4.39 Å². The minimum absolute atomic E-state index is 0.0653. The van der Waals surface area contributed by atoms with Crippen LogP contribution in [0, 0.1) is 0 Å². The molecule has 200 valence electrons. The number of halogens is 2. The van der Waals surface area contributed by atoms with Crippen molar-refractivity contribution in [3.05, 3.63) is 60.3 Å². The molecule has 38 heavy (non-hydrogen) atoms. The summed E-state index contributed by atoms with van der Waals surface area (Å²) >= 11 is 0. The number of sulfone groups is 1. The summed E-state index contributed by atoms with van der Waals surface area (Å²) in [4.78, 5) is 8.81. The fraction of sp³-hybridized carbons (Fsp3) is 0.308. The van der Waals surface area contributed by atoms with E-state index in [9.17, 15) is 17.2 Å². The topological polar surface area (TPSA) is 137 Å². The van der Waals surface area contributed by atoms with Crippen LogP contribution in [-0.4, -0.2) is 53.2 Å². The van der Waals surface area contributed by atoms with Crippen molar-refractivity contribution >= 4 is 15.7 Å². The van der Waals surface area contributed by atoms with Gasteiger partial charge < -0.3 is 15.5 Å². The molecule has 2 heterocycles. The maximum atomic E-state index is 12.6. The molecular formula is C26H28F2N6O3S. The second-order valence-corrected chi connectivity index (χ2v) is 11.3. The zero-order valence-electron chi connectivity index (χ0n) is 20.9. The van der Waals surface area contributed by atoms with Gasteiger partial charge in [0.1, 0.15) is 6.67 Å². The lowest BCUT2D eigenvalue weighted by atomic mass is 10.1. The van der Waals surface area contributed by atoms with Crippen molar-refractivity contribution in [2.45, 2.75) is 43.0 Å². The number of anilines is 1. The van der Waals surface area contributed by atoms with Crippen molar-refractivity contribution in [1.29, 1.82) is 0 Å². The van der Waals surface area contributed by atoms with Gasteiger partial charge in [-0.2, -0.15) is 0 Å². The molecule has 2 aromatic carbocycles. The molecule has 4 aromatic rings. The zero-order valence-corrected chi connectivity index (χ0v) is 21.8. The summed E-state index contributed by atoms with van der Waals surface area (Å²) in [7, 11) is -3.64. The molecule has 2 unspecified atom stereocenters. The van der Waals surface area contributed by atoms with Crippen LogP contribution in [0.2, 0.25) is 0 Å². The molecular weight excluding hydrogens is 514 g/mol. The molecule has 0 fully saturated rings. The van der Waals surface area contributed by atoms with Crippen LogP contribution in [0.25, 0.3) is 34.3 Å². The molecule has 0 saturated heterocycles. The Labute approximate surface area is 219 Å². The molecule has 0 aliphatic rings. The minimum atomic E-state index is -3.64. The Morgan fingerprint density at radius 2 is 1.63 bits per heavy atom. The number of hydrogen-bond acceptors (Lipinski definition) is 9. The number of aromatic nitrogens is 4. The van der Waals surface area contributed by atoms with Crippen molar-refractivity contribution in [2.24, 2.45) is 0 Å². The third-order valence-electron chi connectivity index (χ3n) is 6.04. The minimum Gasteiger partial charge on any atom is -0.414 e. The maximum Gasteiger partial charge on any atom is 0.270 e. The first-order valence-electron chi connectivity index (χ1n) is 12.0. The zero-order chi connectivity index (χ0) is 27.3. The first kappa shape index (κ1) is 27.3. The Kier molecular flexibility index (Phi) is 8.42. The number of nitrogen functional groups attached to an aromatic ring is 1. The average molecular weight is 543 g/mol. The Hall–Kier alpha value is -3.77. The smallest absolute Gasteiger partial charge is 0.270 e. The predicted molar refractivity (Wildman–Crippen MR) is 140 cm³/mol. The average Bonchev–Trinajstić information content (AvgIpc) is 3.42. The summed E-state index contributed by atoms with van der Waals surface area (Å²) in [6, 6.07) is 13.3. The number of nitrogens with zero attached hydrogens (tertiary/aromatic N) is 4. The van der Waals surface area contributed by atoms with Crippen molar-refractivity contribution < 1.29 is 21.6 Å². The van der Waals surface area contributed by atoms with Gasteiger partial charge in [-0.25, -0.2) is 22.8 Å². The van der Waals surface area contributed by atoms with E-state index in [4.69, 9.17) is 10.2 Å². The van der Waals surface area contributed by atoms with E-state index in [1.54, 1.807) is 19.1 Å². The molecule has 3 N–H and O–H groups in total. The fourth-order valence-electron chi connectivity index (χ4n) is 3.60. The van der Waals surface area contributed by atoms with Crippen LogP contribution < -0.4 is 11.1 Å². The second-order valence-electron chi connectivity index (χ2n) is 8.89. The van der Waals surface area contributed by atoms with E-state index >= 15 is 0 Å². The van der Waals surface area contributed by atoms with Crippen molar-refractivity contribution in [3.8, 4) is 34.3 Å². The first-order chi connectivity index (χ1) is 18.2. The third kappa shape index (κ3) is 6.03. The Morgan fingerprint density at radius 3 is 2.29 bits per heavy atom. The lowest BCUT2D eigenvalue weighted by Crippen LogP contribution is -2.27. The van der Waals surface area contributed by atoms with Crippen LogP contribution in [0.5, 0.6) is 0 Å². The molecule has 0 aliphatic carbocycles. The summed E-state index contributed by atoms with van der Waals surface area (Å²) in [5, 5.41) is 10.4. The van der Waals surface area contributed by atoms with Crippen molar-refractivity contribution in [3.63, 3.8) is 0 Å². The van der Waals surface area contributed by atoms with Gasteiger partial charge in [-0.05, 0) is 50.1 Å². The number of alkyl halides is 2. The first-order valence-corrected chi connectivity index (χ1v) is 13.5. The number of benzene rings is 2. The molecule has 0 aliphatic heterocycles. The lowest BCUT2D eigenvalue weighted by molar-refractivity contribution is 0.391. The maximum absolute atomic E-state index is 12.6. The van der Waals surface area contributed by atoms with Crippen LogP contribution >= 0.6 is 0 Å². The van der Waals surface area contributed by atoms with E-state index in [2.05, 4.69) is 25.5 Å². The number of hydrogen-bond donors (Lipinski definition) is 2. The number of nitrogens with one attached hydrogen (secondary N) is 1. The van der Waals surface area contributed by atoms with Gasteiger partial charge in [0.2, 0.25) is 5.89 Å². The van der Waals surface area contributed by atoms with E-state index in [0.29, 0.717) is 23.4 Å². The largest absolute Gasteiger partial charge is 0.414 e. The lowest BCUT2D eigenvalue weighted by Gasteiger charge is -2.12. The summed E-state index contributed by atoms with van der Waals surface area (Å²) in [5.74, 6) is 0.431. The Morgan fingerprint density at radius 1 is 0.974 bits per heavy atom.